The zero-order valence-electron chi connectivity index (χ0n) is 10.2. The first kappa shape index (κ1) is 13.7. The molecule has 19 heavy (non-hydrogen) atoms. The molecule has 4 N–H and O–H groups in total. The first-order chi connectivity index (χ1) is 8.89. The quantitative estimate of drug-likeness (QED) is 0.693. The molecule has 0 radical (unpaired) electrons. The Morgan fingerprint density at radius 3 is 2.42 bits per heavy atom. The summed E-state index contributed by atoms with van der Waals surface area (Å²) in [6.07, 6.45) is 1.49. The van der Waals surface area contributed by atoms with Crippen molar-refractivity contribution >= 4 is 21.8 Å². The van der Waals surface area contributed by atoms with E-state index in [1.54, 1.807) is 12.1 Å². The molecule has 0 atom stereocenters. The Morgan fingerprint density at radius 1 is 1.26 bits per heavy atom. The van der Waals surface area contributed by atoms with E-state index in [0.29, 0.717) is 5.69 Å². The van der Waals surface area contributed by atoms with Crippen molar-refractivity contribution in [2.45, 2.75) is 0 Å². The molecule has 0 aliphatic carbocycles. The van der Waals surface area contributed by atoms with Crippen LogP contribution in [0.15, 0.2) is 18.3 Å². The van der Waals surface area contributed by atoms with E-state index >= 15 is 0 Å². The summed E-state index contributed by atoms with van der Waals surface area (Å²) < 4.78 is 23.4. The van der Waals surface area contributed by atoms with Gasteiger partial charge in [-0.2, -0.15) is 12.7 Å². The lowest BCUT2D eigenvalue weighted by atomic mass is 10.2. The van der Waals surface area contributed by atoms with Crippen molar-refractivity contribution in [3.63, 3.8) is 0 Å². The van der Waals surface area contributed by atoms with Crippen LogP contribution in [0, 0.1) is 0 Å². The van der Waals surface area contributed by atoms with Crippen molar-refractivity contribution in [1.29, 1.82) is 0 Å². The molecule has 2 rings (SSSR count). The van der Waals surface area contributed by atoms with Crippen LogP contribution in [-0.2, 0) is 10.2 Å². The van der Waals surface area contributed by atoms with E-state index in [0.717, 1.165) is 4.31 Å². The molecule has 1 aliphatic rings. The maximum Gasteiger partial charge on any atom is 0.277 e. The number of rotatable bonds is 2. The van der Waals surface area contributed by atoms with E-state index in [1.165, 1.54) is 11.1 Å². The minimum atomic E-state index is -3.69. The standard InChI is InChI=1S/C10H15N5O3S/c11-8-2-1-3-13-9(8)10(16)14-4-6-15(7-5-14)19(12,17)18/h1-3H,4-7,11H2,(H2,12,17,18). The summed E-state index contributed by atoms with van der Waals surface area (Å²) in [6, 6.07) is 3.24. The van der Waals surface area contributed by atoms with Crippen LogP contribution in [0.3, 0.4) is 0 Å². The Bertz CT molecular complexity index is 581. The lowest BCUT2D eigenvalue weighted by molar-refractivity contribution is 0.0693. The predicted octanol–water partition coefficient (Wildman–Crippen LogP) is -1.37. The van der Waals surface area contributed by atoms with E-state index in [1.807, 2.05) is 0 Å². The topological polar surface area (TPSA) is 123 Å². The number of anilines is 1. The largest absolute Gasteiger partial charge is 0.397 e. The lowest BCUT2D eigenvalue weighted by Crippen LogP contribution is -2.52. The van der Waals surface area contributed by atoms with E-state index in [-0.39, 0.29) is 37.8 Å². The van der Waals surface area contributed by atoms with Crippen LogP contribution in [0.2, 0.25) is 0 Å². The highest BCUT2D eigenvalue weighted by Crippen LogP contribution is 2.13. The van der Waals surface area contributed by atoms with Gasteiger partial charge in [-0.25, -0.2) is 10.1 Å². The molecule has 0 aromatic carbocycles. The third kappa shape index (κ3) is 3.00. The zero-order chi connectivity index (χ0) is 14.0. The van der Waals surface area contributed by atoms with Gasteiger partial charge in [0.05, 0.1) is 5.69 Å². The average Bonchev–Trinajstić information content (AvgIpc) is 2.38. The molecule has 2 heterocycles. The Kier molecular flexibility index (Phi) is 3.69. The number of hydrogen-bond acceptors (Lipinski definition) is 5. The monoisotopic (exact) mass is 285 g/mol. The van der Waals surface area contributed by atoms with Crippen molar-refractivity contribution in [1.82, 2.24) is 14.2 Å². The van der Waals surface area contributed by atoms with Gasteiger partial charge >= 0.3 is 0 Å². The van der Waals surface area contributed by atoms with Crippen LogP contribution in [0.25, 0.3) is 0 Å². The second kappa shape index (κ2) is 5.11. The molecule has 1 saturated heterocycles. The van der Waals surface area contributed by atoms with Crippen LogP contribution < -0.4 is 10.9 Å². The van der Waals surface area contributed by atoms with Gasteiger partial charge in [0, 0.05) is 32.4 Å². The maximum atomic E-state index is 12.2. The van der Waals surface area contributed by atoms with Gasteiger partial charge in [-0.15, -0.1) is 0 Å². The summed E-state index contributed by atoms with van der Waals surface area (Å²) in [5.74, 6) is -0.299. The van der Waals surface area contributed by atoms with Crippen LogP contribution in [0.4, 0.5) is 5.69 Å². The smallest absolute Gasteiger partial charge is 0.277 e. The molecule has 0 unspecified atom stereocenters. The minimum absolute atomic E-state index is 0.178. The molecule has 1 aromatic rings. The van der Waals surface area contributed by atoms with Gasteiger partial charge in [0.1, 0.15) is 0 Å². The van der Waals surface area contributed by atoms with E-state index < -0.39 is 10.2 Å². The van der Waals surface area contributed by atoms with Crippen LogP contribution >= 0.6 is 0 Å². The predicted molar refractivity (Wildman–Crippen MR) is 69.2 cm³/mol. The van der Waals surface area contributed by atoms with E-state index in [2.05, 4.69) is 4.98 Å². The number of carbonyl (C=O) groups is 1. The third-order valence-corrected chi connectivity index (χ3v) is 4.01. The highest BCUT2D eigenvalue weighted by Gasteiger charge is 2.28. The lowest BCUT2D eigenvalue weighted by Gasteiger charge is -2.32. The summed E-state index contributed by atoms with van der Waals surface area (Å²) in [5.41, 5.74) is 6.18. The number of aromatic nitrogens is 1. The van der Waals surface area contributed by atoms with Crippen LogP contribution in [-0.4, -0.2) is 54.7 Å². The van der Waals surface area contributed by atoms with Crippen molar-refractivity contribution in [3.05, 3.63) is 24.0 Å². The fourth-order valence-electron chi connectivity index (χ4n) is 1.89. The summed E-state index contributed by atoms with van der Waals surface area (Å²) in [5, 5.41) is 5.03. The molecule has 9 heteroatoms. The summed E-state index contributed by atoms with van der Waals surface area (Å²) in [4.78, 5) is 17.6. The number of piperazine rings is 1. The van der Waals surface area contributed by atoms with Gasteiger partial charge in [-0.05, 0) is 12.1 Å². The van der Waals surface area contributed by atoms with Gasteiger partial charge in [-0.3, -0.25) is 4.79 Å². The number of nitrogens with zero attached hydrogens (tertiary/aromatic N) is 3. The first-order valence-corrected chi connectivity index (χ1v) is 7.17. The summed E-state index contributed by atoms with van der Waals surface area (Å²) in [7, 11) is -3.69. The molecule has 1 amide bonds. The second-order valence-electron chi connectivity index (χ2n) is 4.18. The van der Waals surface area contributed by atoms with Crippen molar-refractivity contribution in [3.8, 4) is 0 Å². The SMILES string of the molecule is Nc1cccnc1C(=O)N1CCN(S(N)(=O)=O)CC1. The molecule has 1 fully saturated rings. The molecule has 1 aliphatic heterocycles. The van der Waals surface area contributed by atoms with Crippen molar-refractivity contribution in [2.75, 3.05) is 31.9 Å². The molecule has 0 saturated carbocycles. The van der Waals surface area contributed by atoms with Gasteiger partial charge in [-0.1, -0.05) is 0 Å². The number of carbonyl (C=O) groups excluding carboxylic acids is 1. The second-order valence-corrected chi connectivity index (χ2v) is 5.72. The number of pyridine rings is 1. The number of amides is 1. The normalized spacial score (nSPS) is 17.4. The van der Waals surface area contributed by atoms with Crippen LogP contribution in [0.5, 0.6) is 0 Å². The van der Waals surface area contributed by atoms with Crippen molar-refractivity contribution < 1.29 is 13.2 Å². The number of nitrogen functional groups attached to an aromatic ring is 1. The third-order valence-electron chi connectivity index (χ3n) is 2.93. The molecular weight excluding hydrogens is 270 g/mol. The minimum Gasteiger partial charge on any atom is -0.397 e. The molecule has 8 nitrogen and oxygen atoms in total. The van der Waals surface area contributed by atoms with Crippen LogP contribution in [0.1, 0.15) is 10.5 Å². The van der Waals surface area contributed by atoms with Gasteiger partial charge in [0.25, 0.3) is 16.1 Å². The first-order valence-electron chi connectivity index (χ1n) is 5.67. The average molecular weight is 285 g/mol. The zero-order valence-corrected chi connectivity index (χ0v) is 11.0. The highest BCUT2D eigenvalue weighted by atomic mass is 32.2. The van der Waals surface area contributed by atoms with Gasteiger partial charge in [0.15, 0.2) is 5.69 Å². The fourth-order valence-corrected chi connectivity index (χ4v) is 2.56. The van der Waals surface area contributed by atoms with Gasteiger partial charge in [0.2, 0.25) is 0 Å². The van der Waals surface area contributed by atoms with Crippen molar-refractivity contribution in [2.24, 2.45) is 5.14 Å². The number of nitrogens with two attached hydrogens (primary N) is 2. The molecule has 0 bridgehead atoms. The summed E-state index contributed by atoms with van der Waals surface area (Å²) in [6.45, 7) is 0.894. The number of hydrogen-bond donors (Lipinski definition) is 2. The maximum absolute atomic E-state index is 12.2. The Morgan fingerprint density at radius 2 is 1.89 bits per heavy atom. The molecule has 1 aromatic heterocycles. The molecule has 104 valence electrons. The molecule has 0 spiro atoms. The van der Waals surface area contributed by atoms with Gasteiger partial charge < -0.3 is 10.6 Å². The van der Waals surface area contributed by atoms with E-state index in [4.69, 9.17) is 10.9 Å². The van der Waals surface area contributed by atoms with E-state index in [9.17, 15) is 13.2 Å². The Hall–Kier alpha value is -1.71. The highest BCUT2D eigenvalue weighted by molar-refractivity contribution is 7.86. The fraction of sp³-hybridized carbons (Fsp3) is 0.400. The molecular formula is C10H15N5O3S. The summed E-state index contributed by atoms with van der Waals surface area (Å²) >= 11 is 0. The Labute approximate surface area is 111 Å². The Balaban J connectivity index is 2.07.